The minimum absolute atomic E-state index is 0.275. The third-order valence-corrected chi connectivity index (χ3v) is 7.39. The van der Waals surface area contributed by atoms with Crippen LogP contribution in [-0.2, 0) is 21.2 Å². The van der Waals surface area contributed by atoms with Crippen molar-refractivity contribution >= 4 is 9.84 Å². The summed E-state index contributed by atoms with van der Waals surface area (Å²) in [6, 6.07) is 9.77. The smallest absolute Gasteiger partial charge is 0.161 e. The maximum Gasteiger partial charge on any atom is 0.161 e. The largest absolute Gasteiger partial charge is 0.393 e. The first-order valence-electron chi connectivity index (χ1n) is 7.07. The van der Waals surface area contributed by atoms with E-state index in [9.17, 15) is 13.5 Å². The lowest BCUT2D eigenvalue weighted by Crippen LogP contribution is -2.46. The normalized spacial score (nSPS) is 27.9. The van der Waals surface area contributed by atoms with Crippen LogP contribution in [0.25, 0.3) is 0 Å². The van der Waals surface area contributed by atoms with Gasteiger partial charge in [-0.15, -0.1) is 0 Å². The fourth-order valence-corrected chi connectivity index (χ4v) is 5.30. The SMILES string of the molecule is O=S(=O)([C@H]1C[C@@H](O)C1)C1(COCc2ccccc2)CC1. The Morgan fingerprint density at radius 3 is 2.40 bits per heavy atom. The number of aliphatic hydroxyl groups excluding tert-OH is 1. The van der Waals surface area contributed by atoms with E-state index >= 15 is 0 Å². The highest BCUT2D eigenvalue weighted by Crippen LogP contribution is 2.49. The molecule has 110 valence electrons. The molecule has 0 spiro atoms. The molecule has 20 heavy (non-hydrogen) atoms. The molecule has 4 nitrogen and oxygen atoms in total. The second-order valence-corrected chi connectivity index (χ2v) is 8.58. The molecule has 0 radical (unpaired) electrons. The summed E-state index contributed by atoms with van der Waals surface area (Å²) in [4.78, 5) is 0. The summed E-state index contributed by atoms with van der Waals surface area (Å²) < 4.78 is 30.0. The topological polar surface area (TPSA) is 63.6 Å². The van der Waals surface area contributed by atoms with Crippen molar-refractivity contribution < 1.29 is 18.3 Å². The molecule has 1 aromatic carbocycles. The van der Waals surface area contributed by atoms with E-state index in [1.54, 1.807) is 0 Å². The third-order valence-electron chi connectivity index (χ3n) is 4.40. The van der Waals surface area contributed by atoms with Crippen molar-refractivity contribution in [3.05, 3.63) is 35.9 Å². The molecule has 5 heteroatoms. The standard InChI is InChI=1S/C15H20O4S/c16-13-8-14(9-13)20(17,18)15(6-7-15)11-19-10-12-4-2-1-3-5-12/h1-5,13-14,16H,6-11H2/t13-,14+. The number of sulfone groups is 1. The Kier molecular flexibility index (Phi) is 3.60. The van der Waals surface area contributed by atoms with Crippen LogP contribution < -0.4 is 0 Å². The van der Waals surface area contributed by atoms with Gasteiger partial charge in [0.25, 0.3) is 0 Å². The molecular formula is C15H20O4S. The van der Waals surface area contributed by atoms with Crippen LogP contribution in [0.1, 0.15) is 31.2 Å². The van der Waals surface area contributed by atoms with Crippen LogP contribution in [0.15, 0.2) is 30.3 Å². The van der Waals surface area contributed by atoms with Crippen LogP contribution >= 0.6 is 0 Å². The molecule has 2 fully saturated rings. The molecule has 2 aliphatic rings. The van der Waals surface area contributed by atoms with Crippen molar-refractivity contribution in [3.8, 4) is 0 Å². The van der Waals surface area contributed by atoms with E-state index in [1.165, 1.54) is 0 Å². The highest BCUT2D eigenvalue weighted by Gasteiger charge is 2.59. The summed E-state index contributed by atoms with van der Waals surface area (Å²) in [6.07, 6.45) is 1.73. The first-order chi connectivity index (χ1) is 9.53. The van der Waals surface area contributed by atoms with Crippen LogP contribution in [-0.4, -0.2) is 36.2 Å². The number of hydrogen-bond acceptors (Lipinski definition) is 4. The van der Waals surface area contributed by atoms with Crippen molar-refractivity contribution in [2.24, 2.45) is 0 Å². The second kappa shape index (κ2) is 5.13. The van der Waals surface area contributed by atoms with E-state index in [2.05, 4.69) is 0 Å². The van der Waals surface area contributed by atoms with E-state index in [0.717, 1.165) is 5.56 Å². The summed E-state index contributed by atoms with van der Waals surface area (Å²) in [5.74, 6) is 0. The number of rotatable bonds is 6. The molecular weight excluding hydrogens is 276 g/mol. The van der Waals surface area contributed by atoms with E-state index in [0.29, 0.717) is 32.3 Å². The summed E-state index contributed by atoms with van der Waals surface area (Å²) in [5, 5.41) is 8.94. The third kappa shape index (κ3) is 2.50. The van der Waals surface area contributed by atoms with Gasteiger partial charge in [-0.2, -0.15) is 0 Å². The molecule has 0 aromatic heterocycles. The van der Waals surface area contributed by atoms with E-state index in [1.807, 2.05) is 30.3 Å². The Morgan fingerprint density at radius 1 is 1.20 bits per heavy atom. The molecule has 3 rings (SSSR count). The Morgan fingerprint density at radius 2 is 1.85 bits per heavy atom. The van der Waals surface area contributed by atoms with Crippen molar-refractivity contribution in [2.45, 2.75) is 48.4 Å². The van der Waals surface area contributed by atoms with Crippen LogP contribution in [0, 0.1) is 0 Å². The summed E-state index contributed by atoms with van der Waals surface area (Å²) in [5.41, 5.74) is 1.06. The zero-order valence-corrected chi connectivity index (χ0v) is 12.2. The van der Waals surface area contributed by atoms with Gasteiger partial charge in [0.05, 0.1) is 29.3 Å². The highest BCUT2D eigenvalue weighted by molar-refractivity contribution is 7.93. The predicted molar refractivity (Wildman–Crippen MR) is 76.0 cm³/mol. The Balaban J connectivity index is 1.57. The number of ether oxygens (including phenoxy) is 1. The van der Waals surface area contributed by atoms with Gasteiger partial charge < -0.3 is 9.84 Å². The molecule has 1 aromatic rings. The number of hydrogen-bond donors (Lipinski definition) is 1. The van der Waals surface area contributed by atoms with Gasteiger partial charge in [-0.1, -0.05) is 30.3 Å². The van der Waals surface area contributed by atoms with Gasteiger partial charge in [0, 0.05) is 0 Å². The van der Waals surface area contributed by atoms with Gasteiger partial charge >= 0.3 is 0 Å². The zero-order chi connectivity index (χ0) is 14.2. The van der Waals surface area contributed by atoms with Crippen molar-refractivity contribution in [3.63, 3.8) is 0 Å². The Hall–Kier alpha value is -0.910. The first-order valence-corrected chi connectivity index (χ1v) is 8.61. The molecule has 0 heterocycles. The van der Waals surface area contributed by atoms with Crippen LogP contribution in [0.2, 0.25) is 0 Å². The van der Waals surface area contributed by atoms with Gasteiger partial charge in [-0.05, 0) is 31.2 Å². The van der Waals surface area contributed by atoms with Crippen LogP contribution in [0.5, 0.6) is 0 Å². The second-order valence-electron chi connectivity index (χ2n) is 5.95. The average Bonchev–Trinajstić information content (AvgIpc) is 3.18. The first kappa shape index (κ1) is 14.0. The summed E-state index contributed by atoms with van der Waals surface area (Å²) in [6.45, 7) is 0.724. The van der Waals surface area contributed by atoms with Gasteiger partial charge in [0.15, 0.2) is 9.84 Å². The quantitative estimate of drug-likeness (QED) is 0.867. The molecule has 1 N–H and O–H groups in total. The zero-order valence-electron chi connectivity index (χ0n) is 11.4. The summed E-state index contributed by atoms with van der Waals surface area (Å²) in [7, 11) is -3.16. The van der Waals surface area contributed by atoms with E-state index < -0.39 is 20.7 Å². The van der Waals surface area contributed by atoms with Gasteiger partial charge in [-0.3, -0.25) is 0 Å². The lowest BCUT2D eigenvalue weighted by molar-refractivity contribution is 0.0938. The predicted octanol–water partition coefficient (Wildman–Crippen LogP) is 1.67. The lowest BCUT2D eigenvalue weighted by atomic mass is 9.96. The van der Waals surface area contributed by atoms with Crippen LogP contribution in [0.4, 0.5) is 0 Å². The minimum atomic E-state index is -3.16. The fourth-order valence-electron chi connectivity index (χ4n) is 2.72. The van der Waals surface area contributed by atoms with Gasteiger partial charge in [-0.25, -0.2) is 8.42 Å². The lowest BCUT2D eigenvalue weighted by Gasteiger charge is -2.34. The minimum Gasteiger partial charge on any atom is -0.393 e. The van der Waals surface area contributed by atoms with Crippen molar-refractivity contribution in [1.82, 2.24) is 0 Å². The highest BCUT2D eigenvalue weighted by atomic mass is 32.2. The average molecular weight is 296 g/mol. The van der Waals surface area contributed by atoms with E-state index in [-0.39, 0.29) is 11.9 Å². The Labute approximate surface area is 119 Å². The molecule has 2 saturated carbocycles. The molecule has 0 bridgehead atoms. The fraction of sp³-hybridized carbons (Fsp3) is 0.600. The molecule has 0 saturated heterocycles. The monoisotopic (exact) mass is 296 g/mol. The molecule has 0 unspecified atom stereocenters. The molecule has 0 amide bonds. The van der Waals surface area contributed by atoms with Crippen LogP contribution in [0.3, 0.4) is 0 Å². The van der Waals surface area contributed by atoms with Gasteiger partial charge in [0.2, 0.25) is 0 Å². The number of aliphatic hydroxyl groups is 1. The van der Waals surface area contributed by atoms with Crippen molar-refractivity contribution in [2.75, 3.05) is 6.61 Å². The number of benzene rings is 1. The maximum absolute atomic E-state index is 12.5. The summed E-state index contributed by atoms with van der Waals surface area (Å²) >= 11 is 0. The van der Waals surface area contributed by atoms with E-state index in [4.69, 9.17) is 4.74 Å². The Bertz CT molecular complexity index is 557. The molecule has 0 aliphatic heterocycles. The maximum atomic E-state index is 12.5. The molecule has 0 atom stereocenters. The van der Waals surface area contributed by atoms with Gasteiger partial charge in [0.1, 0.15) is 0 Å². The van der Waals surface area contributed by atoms with Crippen molar-refractivity contribution in [1.29, 1.82) is 0 Å². The molecule has 2 aliphatic carbocycles.